The van der Waals surface area contributed by atoms with Crippen LogP contribution in [0.25, 0.3) is 11.0 Å². The third-order valence-electron chi connectivity index (χ3n) is 4.76. The predicted octanol–water partition coefficient (Wildman–Crippen LogP) is 3.93. The Labute approximate surface area is 163 Å². The third-order valence-corrected chi connectivity index (χ3v) is 4.76. The topological polar surface area (TPSA) is 71.8 Å². The fourth-order valence-corrected chi connectivity index (χ4v) is 3.57. The highest BCUT2D eigenvalue weighted by Gasteiger charge is 2.28. The van der Waals surface area contributed by atoms with Gasteiger partial charge in [0.25, 0.3) is 11.8 Å². The molecule has 1 aromatic heterocycles. The Morgan fingerprint density at radius 3 is 2.43 bits per heavy atom. The molecule has 1 saturated heterocycles. The first-order valence-electron chi connectivity index (χ1n) is 9.35. The van der Waals surface area contributed by atoms with Gasteiger partial charge in [-0.2, -0.15) is 0 Å². The molecule has 4 rings (SSSR count). The summed E-state index contributed by atoms with van der Waals surface area (Å²) in [6.07, 6.45) is -0.0463. The van der Waals surface area contributed by atoms with Crippen LogP contribution in [0.2, 0.25) is 0 Å². The maximum Gasteiger partial charge on any atom is 0.291 e. The van der Waals surface area contributed by atoms with Crippen molar-refractivity contribution >= 4 is 28.5 Å². The summed E-state index contributed by atoms with van der Waals surface area (Å²) in [5.74, 6) is -0.306. The molecule has 0 radical (unpaired) electrons. The minimum atomic E-state index is -0.389. The summed E-state index contributed by atoms with van der Waals surface area (Å²) in [6.45, 7) is 4.94. The highest BCUT2D eigenvalue weighted by molar-refractivity contribution is 6.09. The largest absolute Gasteiger partial charge is 0.451 e. The summed E-state index contributed by atoms with van der Waals surface area (Å²) in [6, 6.07) is 16.2. The van der Waals surface area contributed by atoms with Crippen LogP contribution in [0.15, 0.2) is 59.0 Å². The first kappa shape index (κ1) is 18.3. The molecule has 2 atom stereocenters. The number of nitrogens with zero attached hydrogens (tertiary/aromatic N) is 1. The van der Waals surface area contributed by atoms with Crippen molar-refractivity contribution in [1.82, 2.24) is 4.90 Å². The number of benzene rings is 2. The van der Waals surface area contributed by atoms with Crippen molar-refractivity contribution in [2.45, 2.75) is 26.1 Å². The molecule has 2 unspecified atom stereocenters. The summed E-state index contributed by atoms with van der Waals surface area (Å²) >= 11 is 0. The van der Waals surface area contributed by atoms with E-state index in [2.05, 4.69) is 5.32 Å². The summed E-state index contributed by atoms with van der Waals surface area (Å²) in [7, 11) is 0. The van der Waals surface area contributed by atoms with Gasteiger partial charge >= 0.3 is 0 Å². The Kier molecular flexibility index (Phi) is 4.88. The van der Waals surface area contributed by atoms with Crippen LogP contribution in [-0.4, -0.2) is 42.0 Å². The van der Waals surface area contributed by atoms with Crippen LogP contribution in [0.5, 0.6) is 0 Å². The number of amides is 2. The number of fused-ring (bicyclic) bond motifs is 1. The quantitative estimate of drug-likeness (QED) is 0.749. The molecular formula is C22H22N2O4. The van der Waals surface area contributed by atoms with E-state index in [0.717, 1.165) is 5.39 Å². The van der Waals surface area contributed by atoms with Gasteiger partial charge in [0.2, 0.25) is 0 Å². The number of nitrogens with one attached hydrogen (secondary N) is 1. The summed E-state index contributed by atoms with van der Waals surface area (Å²) in [4.78, 5) is 27.5. The maximum absolute atomic E-state index is 13.1. The maximum atomic E-state index is 13.1. The number of morpholine rings is 1. The Morgan fingerprint density at radius 2 is 1.68 bits per heavy atom. The van der Waals surface area contributed by atoms with Crippen molar-refractivity contribution in [1.29, 1.82) is 0 Å². The van der Waals surface area contributed by atoms with Gasteiger partial charge in [-0.3, -0.25) is 9.59 Å². The van der Waals surface area contributed by atoms with Crippen molar-refractivity contribution in [2.24, 2.45) is 0 Å². The van der Waals surface area contributed by atoms with Crippen molar-refractivity contribution in [2.75, 3.05) is 18.4 Å². The van der Waals surface area contributed by atoms with E-state index in [1.165, 1.54) is 0 Å². The SMILES string of the molecule is CC1CN(C(=O)c2ccccc2NC(=O)c2cc3ccccc3o2)CC(C)O1. The van der Waals surface area contributed by atoms with Gasteiger partial charge in [0.05, 0.1) is 23.5 Å². The first-order chi connectivity index (χ1) is 13.5. The molecule has 1 aliphatic heterocycles. The van der Waals surface area contributed by atoms with E-state index < -0.39 is 0 Å². The van der Waals surface area contributed by atoms with Crippen LogP contribution < -0.4 is 5.32 Å². The number of furan rings is 1. The van der Waals surface area contributed by atoms with Gasteiger partial charge in [0.1, 0.15) is 5.58 Å². The molecule has 0 aliphatic carbocycles. The zero-order valence-electron chi connectivity index (χ0n) is 15.8. The van der Waals surface area contributed by atoms with Gasteiger partial charge in [-0.25, -0.2) is 0 Å². The number of carbonyl (C=O) groups is 2. The number of anilines is 1. The zero-order valence-corrected chi connectivity index (χ0v) is 15.8. The van der Waals surface area contributed by atoms with Crippen LogP contribution >= 0.6 is 0 Å². The second-order valence-corrected chi connectivity index (χ2v) is 7.12. The molecule has 2 heterocycles. The highest BCUT2D eigenvalue weighted by atomic mass is 16.5. The second kappa shape index (κ2) is 7.48. The standard InChI is InChI=1S/C22H22N2O4/c1-14-12-24(13-15(2)27-14)22(26)17-8-4-5-9-18(17)23-21(25)20-11-16-7-3-6-10-19(16)28-20/h3-11,14-15H,12-13H2,1-2H3,(H,23,25). The number of hydrogen-bond donors (Lipinski definition) is 1. The Balaban J connectivity index is 1.57. The van der Waals surface area contributed by atoms with E-state index in [0.29, 0.717) is 29.9 Å². The summed E-state index contributed by atoms with van der Waals surface area (Å²) in [5, 5.41) is 3.67. The monoisotopic (exact) mass is 378 g/mol. The molecule has 6 nitrogen and oxygen atoms in total. The molecular weight excluding hydrogens is 356 g/mol. The summed E-state index contributed by atoms with van der Waals surface area (Å²) < 4.78 is 11.3. The fourth-order valence-electron chi connectivity index (χ4n) is 3.57. The lowest BCUT2D eigenvalue weighted by atomic mass is 10.1. The number of hydrogen-bond acceptors (Lipinski definition) is 4. The van der Waals surface area contributed by atoms with E-state index in [4.69, 9.17) is 9.15 Å². The molecule has 1 fully saturated rings. The average molecular weight is 378 g/mol. The number of ether oxygens (including phenoxy) is 1. The fraction of sp³-hybridized carbons (Fsp3) is 0.273. The molecule has 0 saturated carbocycles. The second-order valence-electron chi connectivity index (χ2n) is 7.12. The van der Waals surface area contributed by atoms with Crippen LogP contribution in [-0.2, 0) is 4.74 Å². The molecule has 28 heavy (non-hydrogen) atoms. The highest BCUT2D eigenvalue weighted by Crippen LogP contribution is 2.23. The van der Waals surface area contributed by atoms with E-state index >= 15 is 0 Å². The van der Waals surface area contributed by atoms with E-state index in [9.17, 15) is 9.59 Å². The van der Waals surface area contributed by atoms with Crippen LogP contribution in [0.4, 0.5) is 5.69 Å². The molecule has 2 aromatic carbocycles. The first-order valence-corrected chi connectivity index (χ1v) is 9.35. The Hall–Kier alpha value is -3.12. The zero-order chi connectivity index (χ0) is 19.7. The van der Waals surface area contributed by atoms with Crippen molar-refractivity contribution < 1.29 is 18.7 Å². The third kappa shape index (κ3) is 3.64. The number of carbonyl (C=O) groups excluding carboxylic acids is 2. The molecule has 0 spiro atoms. The smallest absolute Gasteiger partial charge is 0.291 e. The van der Waals surface area contributed by atoms with Crippen LogP contribution in [0.3, 0.4) is 0 Å². The lowest BCUT2D eigenvalue weighted by Crippen LogP contribution is -2.48. The number of rotatable bonds is 3. The predicted molar refractivity (Wildman–Crippen MR) is 107 cm³/mol. The van der Waals surface area contributed by atoms with Crippen molar-refractivity contribution in [3.05, 3.63) is 65.9 Å². The van der Waals surface area contributed by atoms with Gasteiger partial charge in [0.15, 0.2) is 5.76 Å². The molecule has 0 bridgehead atoms. The van der Waals surface area contributed by atoms with E-state index in [1.54, 1.807) is 35.2 Å². The van der Waals surface area contributed by atoms with Crippen molar-refractivity contribution in [3.63, 3.8) is 0 Å². The minimum absolute atomic E-state index is 0.0231. The van der Waals surface area contributed by atoms with E-state index in [1.807, 2.05) is 38.1 Å². The normalized spacial score (nSPS) is 19.6. The average Bonchev–Trinajstić information content (AvgIpc) is 3.11. The lowest BCUT2D eigenvalue weighted by molar-refractivity contribution is -0.0585. The van der Waals surface area contributed by atoms with Gasteiger partial charge in [-0.1, -0.05) is 30.3 Å². The summed E-state index contributed by atoms with van der Waals surface area (Å²) in [5.41, 5.74) is 1.56. The molecule has 2 amide bonds. The molecule has 3 aromatic rings. The van der Waals surface area contributed by atoms with Crippen molar-refractivity contribution in [3.8, 4) is 0 Å². The van der Waals surface area contributed by atoms with Gasteiger partial charge in [-0.05, 0) is 38.1 Å². The Morgan fingerprint density at radius 1 is 1.00 bits per heavy atom. The van der Waals surface area contributed by atoms with Crippen LogP contribution in [0.1, 0.15) is 34.8 Å². The van der Waals surface area contributed by atoms with E-state index in [-0.39, 0.29) is 29.8 Å². The number of para-hydroxylation sites is 2. The Bertz CT molecular complexity index is 983. The van der Waals surface area contributed by atoms with Gasteiger partial charge in [0, 0.05) is 18.5 Å². The van der Waals surface area contributed by atoms with Gasteiger partial charge < -0.3 is 19.4 Å². The molecule has 1 N–H and O–H groups in total. The minimum Gasteiger partial charge on any atom is -0.451 e. The van der Waals surface area contributed by atoms with Crippen LogP contribution in [0, 0.1) is 0 Å². The molecule has 144 valence electrons. The van der Waals surface area contributed by atoms with Gasteiger partial charge in [-0.15, -0.1) is 0 Å². The molecule has 1 aliphatic rings. The molecule has 6 heteroatoms. The lowest BCUT2D eigenvalue weighted by Gasteiger charge is -2.35.